The predicted octanol–water partition coefficient (Wildman–Crippen LogP) is 2.92. The van der Waals surface area contributed by atoms with Crippen molar-refractivity contribution in [3.63, 3.8) is 0 Å². The first-order valence-electron chi connectivity index (χ1n) is 9.40. The second-order valence-corrected chi connectivity index (χ2v) is 6.91. The van der Waals surface area contributed by atoms with Gasteiger partial charge in [0.1, 0.15) is 0 Å². The van der Waals surface area contributed by atoms with Crippen LogP contribution in [0.4, 0.5) is 5.69 Å². The zero-order chi connectivity index (χ0) is 19.9. The average molecular weight is 380 g/mol. The normalized spacial score (nSPS) is 13.3. The molecule has 2 aromatic rings. The Morgan fingerprint density at radius 3 is 2.54 bits per heavy atom. The van der Waals surface area contributed by atoms with E-state index in [1.54, 1.807) is 0 Å². The van der Waals surface area contributed by atoms with Gasteiger partial charge in [-0.2, -0.15) is 0 Å². The average Bonchev–Trinajstić information content (AvgIpc) is 3.14. The maximum absolute atomic E-state index is 12.2. The molecule has 0 unspecified atom stereocenters. The number of hydrogen-bond donors (Lipinski definition) is 2. The Balaban J connectivity index is 1.51. The second kappa shape index (κ2) is 9.17. The van der Waals surface area contributed by atoms with E-state index in [9.17, 15) is 14.4 Å². The molecule has 2 amide bonds. The minimum atomic E-state index is -0.549. The lowest BCUT2D eigenvalue weighted by Gasteiger charge is -2.17. The Morgan fingerprint density at radius 1 is 1.04 bits per heavy atom. The molecule has 146 valence electrons. The number of anilines is 1. The van der Waals surface area contributed by atoms with E-state index in [2.05, 4.69) is 10.6 Å². The molecule has 28 heavy (non-hydrogen) atoms. The van der Waals surface area contributed by atoms with Gasteiger partial charge in [-0.1, -0.05) is 36.4 Å². The number of hydrogen-bond acceptors (Lipinski definition) is 4. The molecule has 0 fully saturated rings. The second-order valence-electron chi connectivity index (χ2n) is 6.91. The van der Waals surface area contributed by atoms with E-state index >= 15 is 0 Å². The highest BCUT2D eigenvalue weighted by molar-refractivity contribution is 5.93. The number of amides is 2. The van der Waals surface area contributed by atoms with Gasteiger partial charge in [-0.3, -0.25) is 14.4 Å². The molecular formula is C22H24N2O4. The van der Waals surface area contributed by atoms with Crippen molar-refractivity contribution >= 4 is 23.5 Å². The quantitative estimate of drug-likeness (QED) is 0.724. The van der Waals surface area contributed by atoms with Gasteiger partial charge < -0.3 is 15.4 Å². The molecule has 0 spiro atoms. The molecule has 1 aliphatic carbocycles. The molecule has 1 atom stereocenters. The van der Waals surface area contributed by atoms with Gasteiger partial charge in [0.15, 0.2) is 6.61 Å². The van der Waals surface area contributed by atoms with E-state index in [4.69, 9.17) is 4.74 Å². The molecule has 0 heterocycles. The summed E-state index contributed by atoms with van der Waals surface area (Å²) < 4.78 is 5.10. The van der Waals surface area contributed by atoms with Crippen LogP contribution in [-0.2, 0) is 32.0 Å². The van der Waals surface area contributed by atoms with Crippen molar-refractivity contribution in [1.82, 2.24) is 5.32 Å². The Hall–Kier alpha value is -3.15. The van der Waals surface area contributed by atoms with Crippen LogP contribution in [0.25, 0.3) is 0 Å². The molecule has 6 nitrogen and oxygen atoms in total. The number of aryl methyl sites for hydroxylation is 2. The molecule has 0 radical (unpaired) electrons. The number of fused-ring (bicyclic) bond motifs is 1. The summed E-state index contributed by atoms with van der Waals surface area (Å²) in [6, 6.07) is 14.6. The molecule has 3 rings (SSSR count). The Morgan fingerprint density at radius 2 is 1.79 bits per heavy atom. The summed E-state index contributed by atoms with van der Waals surface area (Å²) in [5, 5.41) is 5.50. The van der Waals surface area contributed by atoms with Crippen LogP contribution in [0.1, 0.15) is 42.5 Å². The SMILES string of the molecule is CC(=O)N[C@H](CC(=O)OCC(=O)Nc1ccc2c(c1)CCC2)c1ccccc1. The summed E-state index contributed by atoms with van der Waals surface area (Å²) >= 11 is 0. The predicted molar refractivity (Wildman–Crippen MR) is 106 cm³/mol. The van der Waals surface area contributed by atoms with Crippen LogP contribution in [0.3, 0.4) is 0 Å². The van der Waals surface area contributed by atoms with Gasteiger partial charge in [0.2, 0.25) is 5.91 Å². The van der Waals surface area contributed by atoms with E-state index in [0.717, 1.165) is 24.8 Å². The topological polar surface area (TPSA) is 84.5 Å². The van der Waals surface area contributed by atoms with Gasteiger partial charge in [-0.05, 0) is 48.1 Å². The van der Waals surface area contributed by atoms with Crippen LogP contribution >= 0.6 is 0 Å². The van der Waals surface area contributed by atoms with Crippen molar-refractivity contribution in [3.8, 4) is 0 Å². The van der Waals surface area contributed by atoms with Gasteiger partial charge in [0.25, 0.3) is 5.91 Å². The van der Waals surface area contributed by atoms with Gasteiger partial charge in [0.05, 0.1) is 12.5 Å². The molecule has 2 aromatic carbocycles. The summed E-state index contributed by atoms with van der Waals surface area (Å²) in [6.07, 6.45) is 3.20. The Kier molecular flexibility index (Phi) is 6.42. The van der Waals surface area contributed by atoms with Crippen molar-refractivity contribution in [3.05, 3.63) is 65.2 Å². The highest BCUT2D eigenvalue weighted by Crippen LogP contribution is 2.24. The zero-order valence-electron chi connectivity index (χ0n) is 15.9. The van der Waals surface area contributed by atoms with Crippen LogP contribution < -0.4 is 10.6 Å². The Labute approximate surface area is 164 Å². The lowest BCUT2D eigenvalue weighted by atomic mass is 10.0. The molecule has 0 aliphatic heterocycles. The number of nitrogens with one attached hydrogen (secondary N) is 2. The summed E-state index contributed by atoms with van der Waals surface area (Å²) in [4.78, 5) is 35.7. The molecule has 0 saturated carbocycles. The third-order valence-corrected chi connectivity index (χ3v) is 4.70. The number of ether oxygens (including phenoxy) is 1. The minimum Gasteiger partial charge on any atom is -0.455 e. The van der Waals surface area contributed by atoms with E-state index in [0.29, 0.717) is 5.69 Å². The molecular weight excluding hydrogens is 356 g/mol. The van der Waals surface area contributed by atoms with Gasteiger partial charge in [-0.25, -0.2) is 0 Å². The summed E-state index contributed by atoms with van der Waals surface area (Å²) in [6.45, 7) is 1.03. The lowest BCUT2D eigenvalue weighted by Crippen LogP contribution is -2.29. The van der Waals surface area contributed by atoms with Crippen molar-refractivity contribution in [2.24, 2.45) is 0 Å². The fourth-order valence-corrected chi connectivity index (χ4v) is 3.40. The first-order chi connectivity index (χ1) is 13.5. The molecule has 0 saturated heterocycles. The van der Waals surface area contributed by atoms with E-state index < -0.39 is 12.0 Å². The Bertz CT molecular complexity index is 864. The van der Waals surface area contributed by atoms with Crippen LogP contribution in [0.2, 0.25) is 0 Å². The van der Waals surface area contributed by atoms with E-state index in [1.165, 1.54) is 18.1 Å². The van der Waals surface area contributed by atoms with Gasteiger partial charge in [0, 0.05) is 12.6 Å². The monoisotopic (exact) mass is 380 g/mol. The highest BCUT2D eigenvalue weighted by atomic mass is 16.5. The number of esters is 1. The van der Waals surface area contributed by atoms with Crippen LogP contribution in [0, 0.1) is 0 Å². The number of benzene rings is 2. The number of carbonyl (C=O) groups is 3. The minimum absolute atomic E-state index is 0.0459. The summed E-state index contributed by atoms with van der Waals surface area (Å²) in [5.74, 6) is -1.18. The van der Waals surface area contributed by atoms with Gasteiger partial charge >= 0.3 is 5.97 Å². The zero-order valence-corrected chi connectivity index (χ0v) is 15.9. The van der Waals surface area contributed by atoms with Gasteiger partial charge in [-0.15, -0.1) is 0 Å². The van der Waals surface area contributed by atoms with E-state index in [-0.39, 0.29) is 24.8 Å². The van der Waals surface area contributed by atoms with Crippen molar-refractivity contribution in [1.29, 1.82) is 0 Å². The molecule has 2 N–H and O–H groups in total. The molecule has 0 aromatic heterocycles. The van der Waals surface area contributed by atoms with Crippen LogP contribution in [-0.4, -0.2) is 24.4 Å². The van der Waals surface area contributed by atoms with Crippen molar-refractivity contribution < 1.29 is 19.1 Å². The third-order valence-electron chi connectivity index (χ3n) is 4.70. The lowest BCUT2D eigenvalue weighted by molar-refractivity contribution is -0.148. The maximum atomic E-state index is 12.2. The van der Waals surface area contributed by atoms with Crippen LogP contribution in [0.5, 0.6) is 0 Å². The standard InChI is InChI=1S/C22H24N2O4/c1-15(25)23-20(17-6-3-2-4-7-17)13-22(27)28-14-21(26)24-19-11-10-16-8-5-9-18(16)12-19/h2-4,6-7,10-12,20H,5,8-9,13-14H2,1H3,(H,23,25)(H,24,26)/t20-/m1/s1. The molecule has 6 heteroatoms. The largest absolute Gasteiger partial charge is 0.455 e. The fourth-order valence-electron chi connectivity index (χ4n) is 3.40. The first kappa shape index (κ1) is 19.6. The first-order valence-corrected chi connectivity index (χ1v) is 9.40. The van der Waals surface area contributed by atoms with Crippen molar-refractivity contribution in [2.45, 2.75) is 38.6 Å². The smallest absolute Gasteiger partial charge is 0.308 e. The fraction of sp³-hybridized carbons (Fsp3) is 0.318. The van der Waals surface area contributed by atoms with Crippen molar-refractivity contribution in [2.75, 3.05) is 11.9 Å². The third kappa shape index (κ3) is 5.42. The highest BCUT2D eigenvalue weighted by Gasteiger charge is 2.19. The molecule has 1 aliphatic rings. The summed E-state index contributed by atoms with van der Waals surface area (Å²) in [5.41, 5.74) is 4.10. The number of carbonyl (C=O) groups excluding carboxylic acids is 3. The number of rotatable bonds is 7. The van der Waals surface area contributed by atoms with E-state index in [1.807, 2.05) is 48.5 Å². The summed E-state index contributed by atoms with van der Waals surface area (Å²) in [7, 11) is 0. The maximum Gasteiger partial charge on any atom is 0.308 e. The van der Waals surface area contributed by atoms with Crippen LogP contribution in [0.15, 0.2) is 48.5 Å². The molecule has 0 bridgehead atoms.